The Morgan fingerprint density at radius 1 is 1.19 bits per heavy atom. The minimum atomic E-state index is -0.438. The molecule has 0 aromatic heterocycles. The van der Waals surface area contributed by atoms with Crippen molar-refractivity contribution in [1.82, 2.24) is 0 Å². The predicted octanol–water partition coefficient (Wildman–Crippen LogP) is 2.20. The molecule has 1 N–H and O–H groups in total. The molecule has 16 heavy (non-hydrogen) atoms. The summed E-state index contributed by atoms with van der Waals surface area (Å²) in [6.45, 7) is 1.38. The fourth-order valence-corrected chi connectivity index (χ4v) is 2.87. The molecule has 0 saturated heterocycles. The second kappa shape index (κ2) is 3.93. The van der Waals surface area contributed by atoms with Crippen molar-refractivity contribution < 1.29 is 14.6 Å². The van der Waals surface area contributed by atoms with Gasteiger partial charge in [-0.05, 0) is 29.7 Å². The zero-order chi connectivity index (χ0) is 11.1. The Kier molecular flexibility index (Phi) is 2.56. The molecule has 0 bridgehead atoms. The molecule has 1 heterocycles. The molecular formula is C12H13BrO3. The minimum absolute atomic E-state index is 0.105. The van der Waals surface area contributed by atoms with Crippen LogP contribution in [0.1, 0.15) is 23.7 Å². The monoisotopic (exact) mass is 284 g/mol. The quantitative estimate of drug-likeness (QED) is 0.743. The van der Waals surface area contributed by atoms with Gasteiger partial charge in [-0.25, -0.2) is 0 Å². The number of hydrogen-bond donors (Lipinski definition) is 1. The SMILES string of the molecule is OC1c2cc3c(cc2CC1Br)OCCCO3. The van der Waals surface area contributed by atoms with E-state index in [4.69, 9.17) is 9.47 Å². The lowest BCUT2D eigenvalue weighted by Gasteiger charge is -2.11. The van der Waals surface area contributed by atoms with Crippen LogP contribution in [-0.4, -0.2) is 23.1 Å². The molecule has 0 saturated carbocycles. The first-order valence-electron chi connectivity index (χ1n) is 5.50. The summed E-state index contributed by atoms with van der Waals surface area (Å²) < 4.78 is 11.2. The number of fused-ring (bicyclic) bond motifs is 2. The van der Waals surface area contributed by atoms with Gasteiger partial charge in [0.15, 0.2) is 11.5 Å². The summed E-state index contributed by atoms with van der Waals surface area (Å²) in [5, 5.41) is 9.98. The molecule has 1 aromatic rings. The third kappa shape index (κ3) is 1.60. The zero-order valence-electron chi connectivity index (χ0n) is 8.78. The molecular weight excluding hydrogens is 272 g/mol. The predicted molar refractivity (Wildman–Crippen MR) is 63.4 cm³/mol. The summed E-state index contributed by atoms with van der Waals surface area (Å²) in [6, 6.07) is 3.92. The van der Waals surface area contributed by atoms with Gasteiger partial charge in [0.25, 0.3) is 0 Å². The van der Waals surface area contributed by atoms with Crippen molar-refractivity contribution in [2.75, 3.05) is 13.2 Å². The number of benzene rings is 1. The Bertz CT molecular complexity index is 418. The third-order valence-electron chi connectivity index (χ3n) is 3.09. The van der Waals surface area contributed by atoms with Crippen LogP contribution in [0.3, 0.4) is 0 Å². The highest BCUT2D eigenvalue weighted by atomic mass is 79.9. The van der Waals surface area contributed by atoms with Crippen LogP contribution in [0, 0.1) is 0 Å². The molecule has 86 valence electrons. The van der Waals surface area contributed by atoms with Crippen LogP contribution >= 0.6 is 15.9 Å². The van der Waals surface area contributed by atoms with Crippen molar-refractivity contribution in [2.24, 2.45) is 0 Å². The van der Waals surface area contributed by atoms with Crippen LogP contribution < -0.4 is 9.47 Å². The third-order valence-corrected chi connectivity index (χ3v) is 3.91. The number of hydrogen-bond acceptors (Lipinski definition) is 3. The molecule has 4 heteroatoms. The maximum Gasteiger partial charge on any atom is 0.161 e. The molecule has 1 aliphatic heterocycles. The van der Waals surface area contributed by atoms with Gasteiger partial charge in [0.05, 0.1) is 19.3 Å². The summed E-state index contributed by atoms with van der Waals surface area (Å²) in [5.41, 5.74) is 2.12. The van der Waals surface area contributed by atoms with Gasteiger partial charge in [-0.15, -0.1) is 0 Å². The van der Waals surface area contributed by atoms with E-state index in [9.17, 15) is 5.11 Å². The van der Waals surface area contributed by atoms with Gasteiger partial charge in [-0.3, -0.25) is 0 Å². The minimum Gasteiger partial charge on any atom is -0.490 e. The van der Waals surface area contributed by atoms with Crippen LogP contribution in [0.2, 0.25) is 0 Å². The Morgan fingerprint density at radius 3 is 2.62 bits per heavy atom. The van der Waals surface area contributed by atoms with E-state index in [1.54, 1.807) is 0 Å². The Hall–Kier alpha value is -0.740. The molecule has 2 atom stereocenters. The van der Waals surface area contributed by atoms with Crippen LogP contribution in [0.15, 0.2) is 12.1 Å². The van der Waals surface area contributed by atoms with Crippen molar-refractivity contribution in [1.29, 1.82) is 0 Å². The summed E-state index contributed by atoms with van der Waals surface area (Å²) in [7, 11) is 0. The highest BCUT2D eigenvalue weighted by molar-refractivity contribution is 9.09. The van der Waals surface area contributed by atoms with E-state index in [2.05, 4.69) is 15.9 Å². The van der Waals surface area contributed by atoms with Crippen molar-refractivity contribution in [3.63, 3.8) is 0 Å². The lowest BCUT2D eigenvalue weighted by Crippen LogP contribution is -2.04. The van der Waals surface area contributed by atoms with Crippen molar-refractivity contribution in [2.45, 2.75) is 23.8 Å². The lowest BCUT2D eigenvalue weighted by molar-refractivity contribution is 0.187. The molecule has 3 nitrogen and oxygen atoms in total. The fraction of sp³-hybridized carbons (Fsp3) is 0.500. The zero-order valence-corrected chi connectivity index (χ0v) is 10.4. The number of aliphatic hydroxyl groups excluding tert-OH is 1. The fourth-order valence-electron chi connectivity index (χ4n) is 2.24. The number of aliphatic hydroxyl groups is 1. The molecule has 2 unspecified atom stereocenters. The van der Waals surface area contributed by atoms with Gasteiger partial charge in [0, 0.05) is 11.2 Å². The molecule has 3 rings (SSSR count). The number of alkyl halides is 1. The Balaban J connectivity index is 2.05. The molecule has 0 amide bonds. The van der Waals surface area contributed by atoms with Crippen LogP contribution in [0.5, 0.6) is 11.5 Å². The Morgan fingerprint density at radius 2 is 1.88 bits per heavy atom. The maximum absolute atomic E-state index is 9.98. The molecule has 1 aliphatic carbocycles. The summed E-state index contributed by atoms with van der Waals surface area (Å²) in [6.07, 6.45) is 1.31. The molecule has 0 fully saturated rings. The summed E-state index contributed by atoms with van der Waals surface area (Å²) >= 11 is 3.48. The second-order valence-corrected chi connectivity index (χ2v) is 5.39. The van der Waals surface area contributed by atoms with Gasteiger partial charge in [-0.1, -0.05) is 15.9 Å². The van der Waals surface area contributed by atoms with E-state index >= 15 is 0 Å². The van der Waals surface area contributed by atoms with Crippen LogP contribution in [0.4, 0.5) is 0 Å². The van der Waals surface area contributed by atoms with E-state index in [0.717, 1.165) is 35.5 Å². The van der Waals surface area contributed by atoms with Crippen LogP contribution in [0.25, 0.3) is 0 Å². The van der Waals surface area contributed by atoms with Crippen molar-refractivity contribution in [3.8, 4) is 11.5 Å². The van der Waals surface area contributed by atoms with Gasteiger partial charge in [0.1, 0.15) is 0 Å². The first-order chi connectivity index (χ1) is 7.75. The second-order valence-electron chi connectivity index (χ2n) is 4.21. The number of halogens is 1. The number of rotatable bonds is 0. The van der Waals surface area contributed by atoms with Crippen LogP contribution in [-0.2, 0) is 6.42 Å². The van der Waals surface area contributed by atoms with Crippen molar-refractivity contribution in [3.05, 3.63) is 23.3 Å². The topological polar surface area (TPSA) is 38.7 Å². The van der Waals surface area contributed by atoms with Gasteiger partial charge < -0.3 is 14.6 Å². The highest BCUT2D eigenvalue weighted by Gasteiger charge is 2.31. The normalized spacial score (nSPS) is 27.4. The van der Waals surface area contributed by atoms with E-state index in [-0.39, 0.29) is 4.83 Å². The summed E-state index contributed by atoms with van der Waals surface area (Å²) in [4.78, 5) is 0.105. The first kappa shape index (κ1) is 10.4. The molecule has 0 radical (unpaired) electrons. The van der Waals surface area contributed by atoms with E-state index < -0.39 is 6.10 Å². The molecule has 1 aromatic carbocycles. The lowest BCUT2D eigenvalue weighted by atomic mass is 10.1. The Labute approximate surface area is 102 Å². The van der Waals surface area contributed by atoms with Gasteiger partial charge in [0.2, 0.25) is 0 Å². The first-order valence-corrected chi connectivity index (χ1v) is 6.42. The largest absolute Gasteiger partial charge is 0.490 e. The maximum atomic E-state index is 9.98. The average Bonchev–Trinajstić information content (AvgIpc) is 2.48. The standard InChI is InChI=1S/C12H13BrO3/c13-9-4-7-5-10-11(6-8(7)12(9)14)16-3-1-2-15-10/h5-6,9,12,14H,1-4H2. The summed E-state index contributed by atoms with van der Waals surface area (Å²) in [5.74, 6) is 1.57. The van der Waals surface area contributed by atoms with E-state index in [1.807, 2.05) is 12.1 Å². The molecule has 2 aliphatic rings. The van der Waals surface area contributed by atoms with Crippen molar-refractivity contribution >= 4 is 15.9 Å². The number of ether oxygens (including phenoxy) is 2. The highest BCUT2D eigenvalue weighted by Crippen LogP contribution is 2.42. The average molecular weight is 285 g/mol. The van der Waals surface area contributed by atoms with E-state index in [0.29, 0.717) is 13.2 Å². The molecule has 0 spiro atoms. The van der Waals surface area contributed by atoms with E-state index in [1.165, 1.54) is 0 Å². The smallest absolute Gasteiger partial charge is 0.161 e. The van der Waals surface area contributed by atoms with Gasteiger partial charge in [-0.2, -0.15) is 0 Å². The van der Waals surface area contributed by atoms with Gasteiger partial charge >= 0.3 is 0 Å².